The number of hydrogen-bond acceptors (Lipinski definition) is 2. The molecule has 1 aromatic carbocycles. The zero-order chi connectivity index (χ0) is 8.97. The van der Waals surface area contributed by atoms with Gasteiger partial charge in [0.2, 0.25) is 0 Å². The van der Waals surface area contributed by atoms with Crippen LogP contribution < -0.4 is 10.7 Å². The Labute approximate surface area is 73.3 Å². The normalized spacial score (nSPS) is 12.6. The van der Waals surface area contributed by atoms with Crippen molar-refractivity contribution in [3.05, 3.63) is 29.8 Å². The minimum Gasteiger partial charge on any atom is -0.412 e. The zero-order valence-corrected chi connectivity index (χ0v) is 7.58. The molecule has 0 saturated carbocycles. The van der Waals surface area contributed by atoms with Gasteiger partial charge in [0.05, 0.1) is 0 Å². The second-order valence-corrected chi connectivity index (χ2v) is 3.00. The lowest BCUT2D eigenvalue weighted by atomic mass is 9.99. The fourth-order valence-electron chi connectivity index (χ4n) is 1.13. The summed E-state index contributed by atoms with van der Waals surface area (Å²) in [4.78, 5) is 4.65. The SMILES string of the molecule is CCC(C)c1cccc(ON)c1. The summed E-state index contributed by atoms with van der Waals surface area (Å²) in [6.45, 7) is 4.36. The molecule has 0 saturated heterocycles. The van der Waals surface area contributed by atoms with E-state index in [0.717, 1.165) is 12.2 Å². The first kappa shape index (κ1) is 9.07. The first-order chi connectivity index (χ1) is 5.77. The molecule has 0 radical (unpaired) electrons. The summed E-state index contributed by atoms with van der Waals surface area (Å²) in [5, 5.41) is 0. The maximum atomic E-state index is 5.06. The van der Waals surface area contributed by atoms with Crippen LogP contribution in [0.25, 0.3) is 0 Å². The number of hydrogen-bond donors (Lipinski definition) is 1. The minimum atomic E-state index is 0.570. The minimum absolute atomic E-state index is 0.570. The Morgan fingerprint density at radius 1 is 1.50 bits per heavy atom. The topological polar surface area (TPSA) is 35.2 Å². The van der Waals surface area contributed by atoms with Gasteiger partial charge in [-0.05, 0) is 30.0 Å². The summed E-state index contributed by atoms with van der Waals surface area (Å²) < 4.78 is 0. The lowest BCUT2D eigenvalue weighted by Gasteiger charge is -2.09. The molecule has 1 rings (SSSR count). The zero-order valence-electron chi connectivity index (χ0n) is 7.58. The molecule has 0 aromatic heterocycles. The first-order valence-corrected chi connectivity index (χ1v) is 4.24. The van der Waals surface area contributed by atoms with Crippen molar-refractivity contribution in [1.82, 2.24) is 0 Å². The molecule has 1 unspecified atom stereocenters. The van der Waals surface area contributed by atoms with E-state index in [0.29, 0.717) is 5.92 Å². The third kappa shape index (κ3) is 1.98. The summed E-state index contributed by atoms with van der Waals surface area (Å²) >= 11 is 0. The number of nitrogens with two attached hydrogens (primary N) is 1. The van der Waals surface area contributed by atoms with Crippen LogP contribution in [0.4, 0.5) is 0 Å². The van der Waals surface area contributed by atoms with Gasteiger partial charge >= 0.3 is 0 Å². The Balaban J connectivity index is 2.86. The van der Waals surface area contributed by atoms with Gasteiger partial charge in [-0.2, -0.15) is 5.90 Å². The van der Waals surface area contributed by atoms with Crippen LogP contribution in [-0.2, 0) is 0 Å². The van der Waals surface area contributed by atoms with E-state index in [1.807, 2.05) is 18.2 Å². The molecule has 1 aromatic rings. The van der Waals surface area contributed by atoms with Gasteiger partial charge in [-0.1, -0.05) is 26.0 Å². The highest BCUT2D eigenvalue weighted by molar-refractivity contribution is 5.30. The third-order valence-corrected chi connectivity index (χ3v) is 2.18. The van der Waals surface area contributed by atoms with Gasteiger partial charge in [0.1, 0.15) is 5.75 Å². The van der Waals surface area contributed by atoms with E-state index in [-0.39, 0.29) is 0 Å². The van der Waals surface area contributed by atoms with Gasteiger partial charge in [0, 0.05) is 0 Å². The van der Waals surface area contributed by atoms with Crippen LogP contribution in [0.1, 0.15) is 31.7 Å². The Kier molecular flexibility index (Phi) is 3.11. The van der Waals surface area contributed by atoms with Gasteiger partial charge in [-0.3, -0.25) is 0 Å². The molecule has 2 nitrogen and oxygen atoms in total. The van der Waals surface area contributed by atoms with Gasteiger partial charge in [0.15, 0.2) is 0 Å². The fraction of sp³-hybridized carbons (Fsp3) is 0.400. The molecule has 12 heavy (non-hydrogen) atoms. The van der Waals surface area contributed by atoms with Crippen molar-refractivity contribution in [2.75, 3.05) is 0 Å². The molecule has 2 N–H and O–H groups in total. The highest BCUT2D eigenvalue weighted by atomic mass is 16.6. The van der Waals surface area contributed by atoms with Crippen molar-refractivity contribution in [2.45, 2.75) is 26.2 Å². The van der Waals surface area contributed by atoms with E-state index < -0.39 is 0 Å². The van der Waals surface area contributed by atoms with Crippen molar-refractivity contribution in [2.24, 2.45) is 5.90 Å². The standard InChI is InChI=1S/C10H15NO/c1-3-8(2)9-5-4-6-10(7-9)12-11/h4-8H,3,11H2,1-2H3. The molecule has 66 valence electrons. The molecule has 2 heteroatoms. The third-order valence-electron chi connectivity index (χ3n) is 2.18. The van der Waals surface area contributed by atoms with Crippen molar-refractivity contribution >= 4 is 0 Å². The van der Waals surface area contributed by atoms with E-state index in [1.165, 1.54) is 5.56 Å². The monoisotopic (exact) mass is 165 g/mol. The average Bonchev–Trinajstić information content (AvgIpc) is 2.17. The van der Waals surface area contributed by atoms with Crippen LogP contribution in [0.15, 0.2) is 24.3 Å². The quantitative estimate of drug-likeness (QED) is 0.698. The van der Waals surface area contributed by atoms with Gasteiger partial charge < -0.3 is 4.84 Å². The van der Waals surface area contributed by atoms with Gasteiger partial charge in [0.25, 0.3) is 0 Å². The van der Waals surface area contributed by atoms with Crippen LogP contribution >= 0.6 is 0 Å². The lowest BCUT2D eigenvalue weighted by Crippen LogP contribution is -2.02. The predicted molar refractivity (Wildman–Crippen MR) is 50.0 cm³/mol. The number of benzene rings is 1. The molecule has 0 bridgehead atoms. The van der Waals surface area contributed by atoms with Crippen LogP contribution in [0.5, 0.6) is 5.75 Å². The summed E-state index contributed by atoms with van der Waals surface area (Å²) in [5.74, 6) is 6.36. The maximum absolute atomic E-state index is 5.06. The lowest BCUT2D eigenvalue weighted by molar-refractivity contribution is 0.334. The van der Waals surface area contributed by atoms with Crippen molar-refractivity contribution < 1.29 is 4.84 Å². The average molecular weight is 165 g/mol. The molecule has 0 aliphatic rings. The molecular formula is C10H15NO. The maximum Gasteiger partial charge on any atom is 0.147 e. The largest absolute Gasteiger partial charge is 0.412 e. The van der Waals surface area contributed by atoms with E-state index in [2.05, 4.69) is 24.8 Å². The Bertz CT molecular complexity index is 247. The van der Waals surface area contributed by atoms with Crippen LogP contribution in [0.2, 0.25) is 0 Å². The summed E-state index contributed by atoms with van der Waals surface area (Å²) in [6, 6.07) is 7.89. The van der Waals surface area contributed by atoms with Crippen molar-refractivity contribution in [3.63, 3.8) is 0 Å². The molecule has 0 heterocycles. The highest BCUT2D eigenvalue weighted by Crippen LogP contribution is 2.21. The van der Waals surface area contributed by atoms with E-state index in [9.17, 15) is 0 Å². The van der Waals surface area contributed by atoms with Gasteiger partial charge in [-0.25, -0.2) is 0 Å². The summed E-state index contributed by atoms with van der Waals surface area (Å²) in [5.41, 5.74) is 1.28. The number of rotatable bonds is 3. The van der Waals surface area contributed by atoms with Crippen LogP contribution in [0, 0.1) is 0 Å². The van der Waals surface area contributed by atoms with E-state index in [4.69, 9.17) is 5.90 Å². The Morgan fingerprint density at radius 3 is 2.83 bits per heavy atom. The molecule has 0 aliphatic carbocycles. The van der Waals surface area contributed by atoms with Crippen molar-refractivity contribution in [1.29, 1.82) is 0 Å². The smallest absolute Gasteiger partial charge is 0.147 e. The molecular weight excluding hydrogens is 150 g/mol. The second-order valence-electron chi connectivity index (χ2n) is 3.00. The highest BCUT2D eigenvalue weighted by Gasteiger charge is 2.02. The Hall–Kier alpha value is -1.02. The van der Waals surface area contributed by atoms with E-state index in [1.54, 1.807) is 0 Å². The molecule has 0 spiro atoms. The Morgan fingerprint density at radius 2 is 2.25 bits per heavy atom. The molecule has 0 fully saturated rings. The predicted octanol–water partition coefficient (Wildman–Crippen LogP) is 2.45. The van der Waals surface area contributed by atoms with Gasteiger partial charge in [-0.15, -0.1) is 0 Å². The van der Waals surface area contributed by atoms with E-state index >= 15 is 0 Å². The van der Waals surface area contributed by atoms with Crippen molar-refractivity contribution in [3.8, 4) is 5.75 Å². The second kappa shape index (κ2) is 4.12. The molecule has 0 amide bonds. The van der Waals surface area contributed by atoms with Crippen LogP contribution in [0.3, 0.4) is 0 Å². The molecule has 0 aliphatic heterocycles. The first-order valence-electron chi connectivity index (χ1n) is 4.24. The summed E-state index contributed by atoms with van der Waals surface area (Å²) in [7, 11) is 0. The molecule has 1 atom stereocenters. The van der Waals surface area contributed by atoms with Crippen LogP contribution in [-0.4, -0.2) is 0 Å². The fourth-order valence-corrected chi connectivity index (χ4v) is 1.13. The summed E-state index contributed by atoms with van der Waals surface area (Å²) in [6.07, 6.45) is 1.13.